The second kappa shape index (κ2) is 3.90. The van der Waals surface area contributed by atoms with Gasteiger partial charge in [-0.1, -0.05) is 0 Å². The fourth-order valence-electron chi connectivity index (χ4n) is 1.58. The highest BCUT2D eigenvalue weighted by Gasteiger charge is 2.06. The largest absolute Gasteiger partial charge is 0.497 e. The number of hydrogen-bond acceptors (Lipinski definition) is 3. The van der Waals surface area contributed by atoms with E-state index in [-0.39, 0.29) is 6.10 Å². The molecule has 80 valence electrons. The molecule has 1 atom stereocenters. The van der Waals surface area contributed by atoms with E-state index in [0.29, 0.717) is 6.42 Å². The Bertz CT molecular complexity index is 463. The van der Waals surface area contributed by atoms with Crippen LogP contribution in [0.25, 0.3) is 5.52 Å². The first kappa shape index (κ1) is 9.98. The summed E-state index contributed by atoms with van der Waals surface area (Å²) in [6.45, 7) is 1.75. The molecule has 1 N–H and O–H groups in total. The number of imidazole rings is 1. The monoisotopic (exact) mass is 206 g/mol. The summed E-state index contributed by atoms with van der Waals surface area (Å²) in [6, 6.07) is 3.79. The van der Waals surface area contributed by atoms with Crippen molar-refractivity contribution in [1.82, 2.24) is 9.38 Å². The first-order valence-electron chi connectivity index (χ1n) is 4.88. The van der Waals surface area contributed by atoms with Crippen molar-refractivity contribution in [3.63, 3.8) is 0 Å². The molecular formula is C11H14N2O2. The molecule has 2 rings (SSSR count). The van der Waals surface area contributed by atoms with Crippen LogP contribution in [-0.2, 0) is 6.42 Å². The molecule has 2 aromatic heterocycles. The Balaban J connectivity index is 2.43. The average Bonchev–Trinajstić information content (AvgIpc) is 2.60. The fourth-order valence-corrected chi connectivity index (χ4v) is 1.58. The van der Waals surface area contributed by atoms with Crippen LogP contribution in [0.3, 0.4) is 0 Å². The predicted octanol–water partition coefficient (Wildman–Crippen LogP) is 1.27. The van der Waals surface area contributed by atoms with Crippen LogP contribution < -0.4 is 4.74 Å². The molecule has 0 saturated carbocycles. The lowest BCUT2D eigenvalue weighted by Gasteiger charge is -2.04. The summed E-state index contributed by atoms with van der Waals surface area (Å²) < 4.78 is 7.08. The number of nitrogens with zero attached hydrogens (tertiary/aromatic N) is 2. The number of aliphatic hydroxyl groups excluding tert-OH is 1. The van der Waals surface area contributed by atoms with Crippen molar-refractivity contribution in [2.75, 3.05) is 7.11 Å². The van der Waals surface area contributed by atoms with Gasteiger partial charge in [0, 0.05) is 18.7 Å². The molecule has 0 radical (unpaired) electrons. The molecule has 15 heavy (non-hydrogen) atoms. The zero-order valence-corrected chi connectivity index (χ0v) is 8.84. The summed E-state index contributed by atoms with van der Waals surface area (Å²) >= 11 is 0. The zero-order valence-electron chi connectivity index (χ0n) is 8.84. The van der Waals surface area contributed by atoms with Crippen molar-refractivity contribution in [2.45, 2.75) is 19.4 Å². The van der Waals surface area contributed by atoms with Crippen LogP contribution in [0, 0.1) is 0 Å². The molecule has 4 nitrogen and oxygen atoms in total. The Morgan fingerprint density at radius 3 is 3.07 bits per heavy atom. The lowest BCUT2D eigenvalue weighted by molar-refractivity contribution is 0.192. The van der Waals surface area contributed by atoms with E-state index < -0.39 is 0 Å². The van der Waals surface area contributed by atoms with Crippen LogP contribution >= 0.6 is 0 Å². The molecule has 0 aliphatic heterocycles. The third kappa shape index (κ3) is 1.94. The second-order valence-electron chi connectivity index (χ2n) is 3.59. The summed E-state index contributed by atoms with van der Waals surface area (Å²) in [5.41, 5.74) is 0.977. The van der Waals surface area contributed by atoms with Gasteiger partial charge in [-0.25, -0.2) is 4.98 Å². The number of aliphatic hydroxyl groups is 1. The quantitative estimate of drug-likeness (QED) is 0.822. The van der Waals surface area contributed by atoms with Crippen LogP contribution in [0.2, 0.25) is 0 Å². The Morgan fingerprint density at radius 2 is 2.40 bits per heavy atom. The highest BCUT2D eigenvalue weighted by molar-refractivity contribution is 5.50. The molecule has 0 aliphatic carbocycles. The topological polar surface area (TPSA) is 46.8 Å². The molecule has 0 fully saturated rings. The lowest BCUT2D eigenvalue weighted by Crippen LogP contribution is -2.07. The van der Waals surface area contributed by atoms with Gasteiger partial charge in [0.2, 0.25) is 0 Å². The molecular weight excluding hydrogens is 192 g/mol. The molecule has 0 saturated heterocycles. The Hall–Kier alpha value is -1.55. The predicted molar refractivity (Wildman–Crippen MR) is 57.1 cm³/mol. The van der Waals surface area contributed by atoms with Gasteiger partial charge in [0.1, 0.15) is 11.6 Å². The third-order valence-corrected chi connectivity index (χ3v) is 2.29. The standard InChI is InChI=1S/C11H14N2O2/c1-8(14)5-11-12-7-9-6-10(15-2)3-4-13(9)11/h3-4,6-8,14H,5H2,1-2H3. The summed E-state index contributed by atoms with van der Waals surface area (Å²) in [4.78, 5) is 4.26. The second-order valence-corrected chi connectivity index (χ2v) is 3.59. The molecule has 2 aromatic rings. The van der Waals surface area contributed by atoms with Crippen molar-refractivity contribution < 1.29 is 9.84 Å². The smallest absolute Gasteiger partial charge is 0.122 e. The molecule has 0 spiro atoms. The minimum Gasteiger partial charge on any atom is -0.497 e. The van der Waals surface area contributed by atoms with E-state index >= 15 is 0 Å². The van der Waals surface area contributed by atoms with Gasteiger partial charge >= 0.3 is 0 Å². The molecule has 2 heterocycles. The van der Waals surface area contributed by atoms with Crippen molar-refractivity contribution in [3.8, 4) is 5.75 Å². The first-order valence-corrected chi connectivity index (χ1v) is 4.88. The van der Waals surface area contributed by atoms with Crippen LogP contribution in [0.15, 0.2) is 24.5 Å². The third-order valence-electron chi connectivity index (χ3n) is 2.29. The molecule has 0 aromatic carbocycles. The average molecular weight is 206 g/mol. The van der Waals surface area contributed by atoms with E-state index in [1.807, 2.05) is 22.7 Å². The highest BCUT2D eigenvalue weighted by Crippen LogP contribution is 2.15. The summed E-state index contributed by atoms with van der Waals surface area (Å²) in [7, 11) is 1.64. The number of rotatable bonds is 3. The molecule has 0 bridgehead atoms. The maximum atomic E-state index is 9.31. The minimum atomic E-state index is -0.377. The Kier molecular flexibility index (Phi) is 2.60. The fraction of sp³-hybridized carbons (Fsp3) is 0.364. The van der Waals surface area contributed by atoms with Gasteiger partial charge < -0.3 is 14.2 Å². The summed E-state index contributed by atoms with van der Waals surface area (Å²) in [6.07, 6.45) is 3.86. The van der Waals surface area contributed by atoms with Crippen LogP contribution in [0.1, 0.15) is 12.7 Å². The number of methoxy groups -OCH3 is 1. The lowest BCUT2D eigenvalue weighted by atomic mass is 10.3. The van der Waals surface area contributed by atoms with Crippen molar-refractivity contribution in [1.29, 1.82) is 0 Å². The van der Waals surface area contributed by atoms with Crippen molar-refractivity contribution in [3.05, 3.63) is 30.4 Å². The molecule has 1 unspecified atom stereocenters. The number of hydrogen-bond donors (Lipinski definition) is 1. The van der Waals surface area contributed by atoms with E-state index in [0.717, 1.165) is 17.1 Å². The molecule has 0 aliphatic rings. The van der Waals surface area contributed by atoms with Crippen LogP contribution in [-0.4, -0.2) is 27.7 Å². The number of pyridine rings is 1. The van der Waals surface area contributed by atoms with Gasteiger partial charge in [0.15, 0.2) is 0 Å². The zero-order chi connectivity index (χ0) is 10.8. The summed E-state index contributed by atoms with van der Waals surface area (Å²) in [5.74, 6) is 1.67. The summed E-state index contributed by atoms with van der Waals surface area (Å²) in [5, 5.41) is 9.31. The van der Waals surface area contributed by atoms with Crippen molar-refractivity contribution >= 4 is 5.52 Å². The first-order chi connectivity index (χ1) is 7.20. The normalized spacial score (nSPS) is 13.0. The van der Waals surface area contributed by atoms with E-state index in [2.05, 4.69) is 4.98 Å². The van der Waals surface area contributed by atoms with Gasteiger partial charge in [0.25, 0.3) is 0 Å². The maximum absolute atomic E-state index is 9.31. The van der Waals surface area contributed by atoms with Crippen molar-refractivity contribution in [2.24, 2.45) is 0 Å². The van der Waals surface area contributed by atoms with Gasteiger partial charge in [-0.3, -0.25) is 0 Å². The van der Waals surface area contributed by atoms with Crippen LogP contribution in [0.5, 0.6) is 5.75 Å². The van der Waals surface area contributed by atoms with E-state index in [1.54, 1.807) is 20.2 Å². The molecule has 0 amide bonds. The van der Waals surface area contributed by atoms with Gasteiger partial charge in [-0.2, -0.15) is 0 Å². The minimum absolute atomic E-state index is 0.377. The number of ether oxygens (including phenoxy) is 1. The van der Waals surface area contributed by atoms with E-state index in [1.165, 1.54) is 0 Å². The van der Waals surface area contributed by atoms with Gasteiger partial charge in [-0.15, -0.1) is 0 Å². The SMILES string of the molecule is COc1ccn2c(CC(C)O)ncc2c1. The maximum Gasteiger partial charge on any atom is 0.122 e. The Labute approximate surface area is 88.1 Å². The highest BCUT2D eigenvalue weighted by atomic mass is 16.5. The van der Waals surface area contributed by atoms with Crippen LogP contribution in [0.4, 0.5) is 0 Å². The van der Waals surface area contributed by atoms with E-state index in [9.17, 15) is 5.11 Å². The number of fused-ring (bicyclic) bond motifs is 1. The number of aromatic nitrogens is 2. The van der Waals surface area contributed by atoms with Gasteiger partial charge in [0.05, 0.1) is 24.9 Å². The van der Waals surface area contributed by atoms with Gasteiger partial charge in [-0.05, 0) is 13.0 Å². The molecule has 4 heteroatoms. The van der Waals surface area contributed by atoms with E-state index in [4.69, 9.17) is 4.74 Å². The Morgan fingerprint density at radius 1 is 1.60 bits per heavy atom.